The van der Waals surface area contributed by atoms with Crippen molar-refractivity contribution >= 4 is 27.5 Å². The van der Waals surface area contributed by atoms with Gasteiger partial charge >= 0.3 is 0 Å². The Morgan fingerprint density at radius 3 is 2.26 bits per heavy atom. The van der Waals surface area contributed by atoms with Gasteiger partial charge in [-0.2, -0.15) is 0 Å². The van der Waals surface area contributed by atoms with Gasteiger partial charge in [-0.1, -0.05) is 36.7 Å². The van der Waals surface area contributed by atoms with E-state index in [1.54, 1.807) is 6.92 Å². The summed E-state index contributed by atoms with van der Waals surface area (Å²) in [5.41, 5.74) is 2.36. The molecule has 1 amide bonds. The zero-order chi connectivity index (χ0) is 20.1. The lowest BCUT2D eigenvalue weighted by molar-refractivity contribution is 0.102. The highest BCUT2D eigenvalue weighted by atomic mass is 79.9. The molecule has 0 saturated heterocycles. The van der Waals surface area contributed by atoms with Crippen molar-refractivity contribution in [2.75, 3.05) is 12.4 Å². The van der Waals surface area contributed by atoms with Crippen molar-refractivity contribution in [3.63, 3.8) is 0 Å². The monoisotopic (exact) mass is 435 g/mol. The predicted molar refractivity (Wildman–Crippen MR) is 111 cm³/mol. The highest BCUT2D eigenvalue weighted by Gasteiger charge is 2.24. The maximum Gasteiger partial charge on any atom is 0.263 e. The molecule has 0 aliphatic heterocycles. The third kappa shape index (κ3) is 4.43. The molecule has 0 aliphatic carbocycles. The topological polar surface area (TPSA) is 68.5 Å². The molecule has 5 nitrogen and oxygen atoms in total. The normalized spacial score (nSPS) is 10.7. The first-order valence-corrected chi connectivity index (χ1v) is 10.00. The fourth-order valence-corrected chi connectivity index (χ4v) is 3.72. The van der Waals surface area contributed by atoms with Crippen LogP contribution in [0.15, 0.2) is 25.8 Å². The van der Waals surface area contributed by atoms with E-state index >= 15 is 0 Å². The Bertz CT molecular complexity index is 877. The molecule has 1 N–H and O–H groups in total. The van der Waals surface area contributed by atoms with Crippen molar-refractivity contribution in [3.05, 3.63) is 55.0 Å². The van der Waals surface area contributed by atoms with Crippen LogP contribution in [-0.4, -0.2) is 13.0 Å². The molecule has 2 aromatic rings. The largest absolute Gasteiger partial charge is 0.490 e. The van der Waals surface area contributed by atoms with Crippen LogP contribution in [0.3, 0.4) is 0 Å². The van der Waals surface area contributed by atoms with Crippen LogP contribution in [0, 0.1) is 6.92 Å². The summed E-state index contributed by atoms with van der Waals surface area (Å²) in [5, 5.41) is 2.96. The molecule has 2 rings (SSSR count). The number of carbonyl (C=O) groups excluding carboxylic acids is 1. The van der Waals surface area contributed by atoms with Crippen molar-refractivity contribution in [2.45, 2.75) is 53.4 Å². The van der Waals surface area contributed by atoms with Crippen LogP contribution >= 0.6 is 15.9 Å². The Hall–Kier alpha value is -2.08. The number of ether oxygens (including phenoxy) is 1. The summed E-state index contributed by atoms with van der Waals surface area (Å²) in [6.45, 7) is 7.70. The van der Waals surface area contributed by atoms with Crippen LogP contribution < -0.4 is 15.5 Å². The standard InChI is InChI=1S/C21H26BrNO4/c1-6-9-16-17(19(24)20(26-5)12(4)27-16)21(25)23-18-13(7-2)10-15(22)11-14(18)8-3/h10-11H,6-9H2,1-5H3,(H,23,25). The summed E-state index contributed by atoms with van der Waals surface area (Å²) >= 11 is 3.52. The number of rotatable bonds is 7. The highest BCUT2D eigenvalue weighted by Crippen LogP contribution is 2.28. The van der Waals surface area contributed by atoms with E-state index in [2.05, 4.69) is 21.2 Å². The molecule has 0 radical (unpaired) electrons. The minimum atomic E-state index is -0.461. The number of hydrogen-bond acceptors (Lipinski definition) is 4. The first kappa shape index (κ1) is 21.2. The fraction of sp³-hybridized carbons (Fsp3) is 0.429. The Kier molecular flexibility index (Phi) is 7.25. The van der Waals surface area contributed by atoms with Gasteiger partial charge in [-0.25, -0.2) is 0 Å². The Morgan fingerprint density at radius 1 is 1.19 bits per heavy atom. The third-order valence-electron chi connectivity index (χ3n) is 4.48. The number of halogens is 1. The summed E-state index contributed by atoms with van der Waals surface area (Å²) in [7, 11) is 1.40. The Balaban J connectivity index is 2.58. The quantitative estimate of drug-likeness (QED) is 0.660. The van der Waals surface area contributed by atoms with Crippen LogP contribution in [0.25, 0.3) is 0 Å². The van der Waals surface area contributed by atoms with Gasteiger partial charge in [0.05, 0.1) is 7.11 Å². The fourth-order valence-electron chi connectivity index (χ4n) is 3.17. The van der Waals surface area contributed by atoms with Gasteiger partial charge in [0.25, 0.3) is 5.91 Å². The van der Waals surface area contributed by atoms with Crippen molar-refractivity contribution in [1.29, 1.82) is 0 Å². The summed E-state index contributed by atoms with van der Waals surface area (Å²) in [6.07, 6.45) is 2.78. The number of amides is 1. The van der Waals surface area contributed by atoms with E-state index in [4.69, 9.17) is 9.15 Å². The van der Waals surface area contributed by atoms with Gasteiger partial charge < -0.3 is 14.5 Å². The summed E-state index contributed by atoms with van der Waals surface area (Å²) < 4.78 is 11.9. The predicted octanol–water partition coefficient (Wildman–Crippen LogP) is 5.05. The van der Waals surface area contributed by atoms with Crippen molar-refractivity contribution in [1.82, 2.24) is 0 Å². The van der Waals surface area contributed by atoms with Crippen LogP contribution in [0.5, 0.6) is 5.75 Å². The van der Waals surface area contributed by atoms with Crippen molar-refractivity contribution in [3.8, 4) is 5.75 Å². The van der Waals surface area contributed by atoms with E-state index in [1.807, 2.05) is 32.9 Å². The third-order valence-corrected chi connectivity index (χ3v) is 4.94. The molecule has 1 aromatic heterocycles. The molecule has 0 spiro atoms. The van der Waals surface area contributed by atoms with E-state index in [9.17, 15) is 9.59 Å². The minimum Gasteiger partial charge on any atom is -0.490 e. The first-order valence-electron chi connectivity index (χ1n) is 9.20. The Labute approximate surface area is 168 Å². The van der Waals surface area contributed by atoms with Gasteiger partial charge in [0.2, 0.25) is 11.2 Å². The molecule has 6 heteroatoms. The SMILES string of the molecule is CCCc1oc(C)c(OC)c(=O)c1C(=O)Nc1c(CC)cc(Br)cc1CC. The summed E-state index contributed by atoms with van der Waals surface area (Å²) in [6, 6.07) is 3.97. The highest BCUT2D eigenvalue weighted by molar-refractivity contribution is 9.10. The number of hydrogen-bond donors (Lipinski definition) is 1. The van der Waals surface area contributed by atoms with E-state index in [0.717, 1.165) is 40.5 Å². The second kappa shape index (κ2) is 9.22. The van der Waals surface area contributed by atoms with Crippen molar-refractivity contribution < 1.29 is 13.9 Å². The molecule has 1 heterocycles. The van der Waals surface area contributed by atoms with Gasteiger partial charge in [-0.05, 0) is 49.4 Å². The zero-order valence-corrected chi connectivity index (χ0v) is 18.1. The number of nitrogens with one attached hydrogen (secondary N) is 1. The second-order valence-electron chi connectivity index (χ2n) is 6.33. The van der Waals surface area contributed by atoms with Gasteiger partial charge in [0.15, 0.2) is 0 Å². The molecule has 0 saturated carbocycles. The second-order valence-corrected chi connectivity index (χ2v) is 7.24. The molecule has 27 heavy (non-hydrogen) atoms. The maximum atomic E-state index is 13.1. The number of methoxy groups -OCH3 is 1. The number of aryl methyl sites for hydroxylation is 4. The molecule has 0 fully saturated rings. The summed E-state index contributed by atoms with van der Waals surface area (Å²) in [4.78, 5) is 26.0. The lowest BCUT2D eigenvalue weighted by Crippen LogP contribution is -2.26. The van der Waals surface area contributed by atoms with Crippen molar-refractivity contribution in [2.24, 2.45) is 0 Å². The van der Waals surface area contributed by atoms with Crippen LogP contribution in [0.1, 0.15) is 60.2 Å². The average Bonchev–Trinajstić information content (AvgIpc) is 2.63. The van der Waals surface area contributed by atoms with Gasteiger partial charge in [0, 0.05) is 16.6 Å². The van der Waals surface area contributed by atoms with E-state index in [1.165, 1.54) is 7.11 Å². The molecule has 1 aromatic carbocycles. The lowest BCUT2D eigenvalue weighted by Gasteiger charge is -2.17. The first-order chi connectivity index (χ1) is 12.9. The average molecular weight is 436 g/mol. The molecule has 0 unspecified atom stereocenters. The van der Waals surface area contributed by atoms with Gasteiger partial charge in [-0.15, -0.1) is 0 Å². The Morgan fingerprint density at radius 2 is 1.78 bits per heavy atom. The molecule has 0 atom stereocenters. The van der Waals surface area contributed by atoms with E-state index in [0.29, 0.717) is 17.9 Å². The zero-order valence-electron chi connectivity index (χ0n) is 16.5. The lowest BCUT2D eigenvalue weighted by atomic mass is 10.0. The minimum absolute atomic E-state index is 0.0197. The summed E-state index contributed by atoms with van der Waals surface area (Å²) in [5.74, 6) is 0.389. The molecular weight excluding hydrogens is 410 g/mol. The molecule has 146 valence electrons. The van der Waals surface area contributed by atoms with E-state index in [-0.39, 0.29) is 11.3 Å². The van der Waals surface area contributed by atoms with Gasteiger partial charge in [-0.3, -0.25) is 9.59 Å². The molecular formula is C21H26BrNO4. The van der Waals surface area contributed by atoms with E-state index < -0.39 is 11.3 Å². The van der Waals surface area contributed by atoms with Crippen LogP contribution in [0.2, 0.25) is 0 Å². The van der Waals surface area contributed by atoms with Gasteiger partial charge in [0.1, 0.15) is 17.1 Å². The number of anilines is 1. The smallest absolute Gasteiger partial charge is 0.263 e. The maximum absolute atomic E-state index is 13.1. The number of carbonyl (C=O) groups is 1. The number of benzene rings is 1. The van der Waals surface area contributed by atoms with Crippen LogP contribution in [-0.2, 0) is 19.3 Å². The van der Waals surface area contributed by atoms with Crippen LogP contribution in [0.4, 0.5) is 5.69 Å². The molecule has 0 bridgehead atoms. The molecule has 0 aliphatic rings.